The van der Waals surface area contributed by atoms with Gasteiger partial charge in [0.2, 0.25) is 5.91 Å². The van der Waals surface area contributed by atoms with Gasteiger partial charge in [-0.2, -0.15) is 0 Å². The highest BCUT2D eigenvalue weighted by atomic mass is 16.5. The van der Waals surface area contributed by atoms with Crippen LogP contribution in [0.25, 0.3) is 0 Å². The number of amides is 3. The van der Waals surface area contributed by atoms with Gasteiger partial charge >= 0.3 is 11.8 Å². The van der Waals surface area contributed by atoms with Gasteiger partial charge < -0.3 is 20.3 Å². The molecule has 0 aliphatic carbocycles. The number of nitrogens with one attached hydrogen (secondary N) is 2. The van der Waals surface area contributed by atoms with Gasteiger partial charge in [-0.05, 0) is 53.8 Å². The summed E-state index contributed by atoms with van der Waals surface area (Å²) in [5.74, 6) is -0.774. The second-order valence-corrected chi connectivity index (χ2v) is 8.47. The van der Waals surface area contributed by atoms with Crippen LogP contribution in [0, 0.1) is 0 Å². The van der Waals surface area contributed by atoms with Crippen LogP contribution < -0.4 is 20.3 Å². The van der Waals surface area contributed by atoms with Crippen molar-refractivity contribution in [3.8, 4) is 5.75 Å². The predicted octanol–water partition coefficient (Wildman–Crippen LogP) is 4.03. The first-order chi connectivity index (χ1) is 17.0. The Bertz CT molecular complexity index is 1230. The zero-order chi connectivity index (χ0) is 24.8. The Morgan fingerprint density at radius 3 is 2.51 bits per heavy atom. The summed E-state index contributed by atoms with van der Waals surface area (Å²) in [6, 6.07) is 22.1. The van der Waals surface area contributed by atoms with Gasteiger partial charge in [-0.1, -0.05) is 55.5 Å². The first-order valence-corrected chi connectivity index (χ1v) is 11.7. The SMILES string of the molecule is CCC(NC(=O)C(=O)Nc1ccc2c(c1)N(C(=O)Cc1cccc(OC)c1)CC2)c1ccccc1. The van der Waals surface area contributed by atoms with Crippen LogP contribution in [0.4, 0.5) is 11.4 Å². The average molecular weight is 472 g/mol. The van der Waals surface area contributed by atoms with Crippen LogP contribution in [0.3, 0.4) is 0 Å². The molecule has 0 spiro atoms. The van der Waals surface area contributed by atoms with Gasteiger partial charge in [-0.3, -0.25) is 14.4 Å². The maximum Gasteiger partial charge on any atom is 0.313 e. The number of carbonyl (C=O) groups is 3. The first kappa shape index (κ1) is 24.0. The van der Waals surface area contributed by atoms with Gasteiger partial charge in [-0.15, -0.1) is 0 Å². The van der Waals surface area contributed by atoms with Crippen molar-refractivity contribution in [2.24, 2.45) is 0 Å². The summed E-state index contributed by atoms with van der Waals surface area (Å²) in [4.78, 5) is 39.9. The summed E-state index contributed by atoms with van der Waals surface area (Å²) >= 11 is 0. The highest BCUT2D eigenvalue weighted by Crippen LogP contribution is 2.31. The Labute approximate surface area is 205 Å². The molecule has 0 radical (unpaired) electrons. The van der Waals surface area contributed by atoms with Crippen molar-refractivity contribution in [2.75, 3.05) is 23.9 Å². The Kier molecular flexibility index (Phi) is 7.45. The van der Waals surface area contributed by atoms with Crippen LogP contribution in [0.15, 0.2) is 72.8 Å². The quantitative estimate of drug-likeness (QED) is 0.509. The number of hydrogen-bond donors (Lipinski definition) is 2. The van der Waals surface area contributed by atoms with E-state index in [4.69, 9.17) is 4.74 Å². The van der Waals surface area contributed by atoms with Crippen molar-refractivity contribution in [2.45, 2.75) is 32.2 Å². The summed E-state index contributed by atoms with van der Waals surface area (Å²) < 4.78 is 5.25. The van der Waals surface area contributed by atoms with Gasteiger partial charge in [0.15, 0.2) is 0 Å². The number of methoxy groups -OCH3 is 1. The second-order valence-electron chi connectivity index (χ2n) is 8.47. The number of rotatable bonds is 7. The number of benzene rings is 3. The zero-order valence-corrected chi connectivity index (χ0v) is 19.9. The van der Waals surface area contributed by atoms with Crippen molar-refractivity contribution >= 4 is 29.1 Å². The van der Waals surface area contributed by atoms with E-state index in [9.17, 15) is 14.4 Å². The molecule has 3 aromatic rings. The van der Waals surface area contributed by atoms with Gasteiger partial charge in [0.25, 0.3) is 0 Å². The molecule has 7 heteroatoms. The maximum absolute atomic E-state index is 13.0. The highest BCUT2D eigenvalue weighted by molar-refractivity contribution is 6.39. The fourth-order valence-electron chi connectivity index (χ4n) is 4.29. The fourth-order valence-corrected chi connectivity index (χ4v) is 4.29. The molecule has 0 aromatic heterocycles. The number of nitrogens with zero attached hydrogens (tertiary/aromatic N) is 1. The minimum absolute atomic E-state index is 0.0353. The molecule has 1 aliphatic rings. The monoisotopic (exact) mass is 471 g/mol. The third-order valence-electron chi connectivity index (χ3n) is 6.15. The molecular weight excluding hydrogens is 442 g/mol. The summed E-state index contributed by atoms with van der Waals surface area (Å²) in [6.07, 6.45) is 1.64. The smallest absolute Gasteiger partial charge is 0.313 e. The van der Waals surface area contributed by atoms with Crippen molar-refractivity contribution in [1.82, 2.24) is 5.32 Å². The van der Waals surface area contributed by atoms with Crippen LogP contribution in [-0.4, -0.2) is 31.4 Å². The van der Waals surface area contributed by atoms with E-state index in [0.717, 1.165) is 28.8 Å². The predicted molar refractivity (Wildman–Crippen MR) is 135 cm³/mol. The van der Waals surface area contributed by atoms with E-state index in [0.29, 0.717) is 24.4 Å². The largest absolute Gasteiger partial charge is 0.497 e. The Morgan fingerprint density at radius 1 is 0.971 bits per heavy atom. The molecule has 1 unspecified atom stereocenters. The van der Waals surface area contributed by atoms with E-state index in [-0.39, 0.29) is 18.4 Å². The van der Waals surface area contributed by atoms with Crippen LogP contribution in [0.2, 0.25) is 0 Å². The number of anilines is 2. The average Bonchev–Trinajstić information content (AvgIpc) is 3.31. The number of carbonyl (C=O) groups excluding carboxylic acids is 3. The molecular formula is C28H29N3O4. The van der Waals surface area contributed by atoms with Gasteiger partial charge in [0.05, 0.1) is 19.6 Å². The van der Waals surface area contributed by atoms with Gasteiger partial charge in [-0.25, -0.2) is 0 Å². The highest BCUT2D eigenvalue weighted by Gasteiger charge is 2.26. The third-order valence-corrected chi connectivity index (χ3v) is 6.15. The number of hydrogen-bond acceptors (Lipinski definition) is 4. The summed E-state index contributed by atoms with van der Waals surface area (Å²) in [5.41, 5.74) is 4.07. The van der Waals surface area contributed by atoms with Crippen molar-refractivity contribution in [3.05, 3.63) is 89.5 Å². The normalized spacial score (nSPS) is 13.0. The molecule has 3 amide bonds. The Balaban J connectivity index is 1.42. The lowest BCUT2D eigenvalue weighted by atomic mass is 10.0. The van der Waals surface area contributed by atoms with Crippen LogP contribution in [0.1, 0.15) is 36.1 Å². The molecule has 4 rings (SSSR count). The zero-order valence-electron chi connectivity index (χ0n) is 19.9. The van der Waals surface area contributed by atoms with Crippen molar-refractivity contribution < 1.29 is 19.1 Å². The van der Waals surface area contributed by atoms with E-state index in [1.165, 1.54) is 0 Å². The molecule has 2 N–H and O–H groups in total. The van der Waals surface area contributed by atoms with Crippen LogP contribution >= 0.6 is 0 Å². The minimum Gasteiger partial charge on any atom is -0.497 e. The molecule has 180 valence electrons. The van der Waals surface area contributed by atoms with Gasteiger partial charge in [0, 0.05) is 17.9 Å². The fraction of sp³-hybridized carbons (Fsp3) is 0.250. The van der Waals surface area contributed by atoms with E-state index in [2.05, 4.69) is 10.6 Å². The lowest BCUT2D eigenvalue weighted by Crippen LogP contribution is -2.37. The molecule has 3 aromatic carbocycles. The second kappa shape index (κ2) is 10.9. The van der Waals surface area contributed by atoms with E-state index < -0.39 is 11.8 Å². The molecule has 35 heavy (non-hydrogen) atoms. The van der Waals surface area contributed by atoms with Gasteiger partial charge in [0.1, 0.15) is 5.75 Å². The number of ether oxygens (including phenoxy) is 1. The van der Waals surface area contributed by atoms with Crippen molar-refractivity contribution in [1.29, 1.82) is 0 Å². The summed E-state index contributed by atoms with van der Waals surface area (Å²) in [5, 5.41) is 5.46. The Hall–Kier alpha value is -4.13. The first-order valence-electron chi connectivity index (χ1n) is 11.7. The molecule has 1 atom stereocenters. The molecule has 1 heterocycles. The maximum atomic E-state index is 13.0. The summed E-state index contributed by atoms with van der Waals surface area (Å²) in [7, 11) is 1.60. The van der Waals surface area contributed by atoms with E-state index in [1.54, 1.807) is 24.1 Å². The standard InChI is InChI=1S/C28H29N3O4/c1-3-24(20-9-5-4-6-10-20)30-28(34)27(33)29-22-13-12-21-14-15-31(25(21)18-22)26(32)17-19-8-7-11-23(16-19)35-2/h4-13,16,18,24H,3,14-15,17H2,1-2H3,(H,29,33)(H,30,34). The molecule has 0 bridgehead atoms. The Morgan fingerprint density at radius 2 is 1.77 bits per heavy atom. The third kappa shape index (κ3) is 5.69. The minimum atomic E-state index is -0.744. The van der Waals surface area contributed by atoms with Crippen LogP contribution in [0.5, 0.6) is 5.75 Å². The van der Waals surface area contributed by atoms with Crippen LogP contribution in [-0.2, 0) is 27.2 Å². The lowest BCUT2D eigenvalue weighted by molar-refractivity contribution is -0.136. The molecule has 7 nitrogen and oxygen atoms in total. The topological polar surface area (TPSA) is 87.7 Å². The number of fused-ring (bicyclic) bond motifs is 1. The van der Waals surface area contributed by atoms with E-state index in [1.807, 2.05) is 67.6 Å². The molecule has 0 fully saturated rings. The molecule has 0 saturated heterocycles. The molecule has 0 saturated carbocycles. The van der Waals surface area contributed by atoms with E-state index >= 15 is 0 Å². The lowest BCUT2D eigenvalue weighted by Gasteiger charge is -2.19. The molecule has 1 aliphatic heterocycles. The van der Waals surface area contributed by atoms with Crippen molar-refractivity contribution in [3.63, 3.8) is 0 Å². The summed E-state index contributed by atoms with van der Waals surface area (Å²) in [6.45, 7) is 2.53.